The van der Waals surface area contributed by atoms with Crippen molar-refractivity contribution in [1.82, 2.24) is 15.0 Å². The second-order valence-corrected chi connectivity index (χ2v) is 5.45. The zero-order chi connectivity index (χ0) is 15.4. The van der Waals surface area contributed by atoms with Gasteiger partial charge in [-0.1, -0.05) is 29.3 Å². The maximum absolute atomic E-state index is 5.89. The highest BCUT2D eigenvalue weighted by Crippen LogP contribution is 2.19. The van der Waals surface area contributed by atoms with Gasteiger partial charge in [-0.15, -0.1) is 0 Å². The molecule has 3 N–H and O–H groups in total. The van der Waals surface area contributed by atoms with Crippen LogP contribution in [0.4, 0.5) is 11.9 Å². The summed E-state index contributed by atoms with van der Waals surface area (Å²) in [7, 11) is 0. The number of anilines is 2. The van der Waals surface area contributed by atoms with Crippen molar-refractivity contribution in [3.8, 4) is 0 Å². The first-order valence-corrected chi connectivity index (χ1v) is 7.00. The van der Waals surface area contributed by atoms with Gasteiger partial charge < -0.3 is 11.1 Å². The summed E-state index contributed by atoms with van der Waals surface area (Å²) in [5, 5.41) is 3.93. The Bertz CT molecular complexity index is 648. The van der Waals surface area contributed by atoms with Gasteiger partial charge >= 0.3 is 0 Å². The number of nitrogens with two attached hydrogens (primary N) is 1. The molecule has 0 fully saturated rings. The number of nitrogen functional groups attached to an aromatic ring is 1. The number of nitrogens with one attached hydrogen (secondary N) is 1. The highest BCUT2D eigenvalue weighted by atomic mass is 35.5. The molecule has 110 valence electrons. The van der Waals surface area contributed by atoms with Gasteiger partial charge in [-0.3, -0.25) is 0 Å². The second-order valence-electron chi connectivity index (χ2n) is 5.01. The number of rotatable bonds is 4. The van der Waals surface area contributed by atoms with Gasteiger partial charge in [0.2, 0.25) is 11.9 Å². The lowest BCUT2D eigenvalue weighted by molar-refractivity contribution is 0.853. The smallest absolute Gasteiger partial charge is 0.228 e. The predicted octanol–water partition coefficient (Wildman–Crippen LogP) is 3.70. The van der Waals surface area contributed by atoms with Crippen LogP contribution in [0.25, 0.3) is 6.08 Å². The molecule has 0 aliphatic heterocycles. The van der Waals surface area contributed by atoms with Gasteiger partial charge in [0.1, 0.15) is 0 Å². The molecule has 0 radical (unpaired) electrons. The first-order valence-electron chi connectivity index (χ1n) is 6.62. The molecule has 0 saturated heterocycles. The van der Waals surface area contributed by atoms with E-state index >= 15 is 0 Å². The molecule has 1 atom stereocenters. The Morgan fingerprint density at radius 1 is 1.19 bits per heavy atom. The van der Waals surface area contributed by atoms with Crippen molar-refractivity contribution in [1.29, 1.82) is 0 Å². The Hall–Kier alpha value is -2.14. The van der Waals surface area contributed by atoms with Gasteiger partial charge in [0.25, 0.3) is 0 Å². The number of halogens is 1. The van der Waals surface area contributed by atoms with E-state index in [0.29, 0.717) is 16.8 Å². The van der Waals surface area contributed by atoms with Crippen LogP contribution >= 0.6 is 11.6 Å². The van der Waals surface area contributed by atoms with Crippen molar-refractivity contribution in [2.45, 2.75) is 26.8 Å². The summed E-state index contributed by atoms with van der Waals surface area (Å²) in [5.74, 6) is 1.20. The largest absolute Gasteiger partial charge is 0.368 e. The van der Waals surface area contributed by atoms with E-state index in [4.69, 9.17) is 17.3 Å². The minimum atomic E-state index is 0.0311. The molecule has 0 bridgehead atoms. The molecule has 0 amide bonds. The SMILES string of the molecule is CC(C)=Cc1nc(N)nc(NC(C)c2ccc(Cl)cc2)n1. The molecule has 1 aromatic carbocycles. The monoisotopic (exact) mass is 303 g/mol. The van der Waals surface area contributed by atoms with E-state index in [1.54, 1.807) is 0 Å². The number of hydrogen-bond donors (Lipinski definition) is 2. The quantitative estimate of drug-likeness (QED) is 0.900. The molecule has 5 nitrogen and oxygen atoms in total. The fraction of sp³-hybridized carbons (Fsp3) is 0.267. The predicted molar refractivity (Wildman–Crippen MR) is 87.1 cm³/mol. The Balaban J connectivity index is 2.20. The van der Waals surface area contributed by atoms with Gasteiger partial charge in [0.05, 0.1) is 6.04 Å². The topological polar surface area (TPSA) is 76.7 Å². The zero-order valence-corrected chi connectivity index (χ0v) is 13.0. The molecule has 6 heteroatoms. The van der Waals surface area contributed by atoms with Crippen molar-refractivity contribution in [2.75, 3.05) is 11.1 Å². The van der Waals surface area contributed by atoms with Gasteiger partial charge in [0.15, 0.2) is 5.82 Å². The van der Waals surface area contributed by atoms with Gasteiger partial charge in [0, 0.05) is 5.02 Å². The summed E-state index contributed by atoms with van der Waals surface area (Å²) < 4.78 is 0. The number of hydrogen-bond acceptors (Lipinski definition) is 5. The lowest BCUT2D eigenvalue weighted by atomic mass is 10.1. The molecule has 0 spiro atoms. The van der Waals surface area contributed by atoms with Crippen molar-refractivity contribution in [3.63, 3.8) is 0 Å². The van der Waals surface area contributed by atoms with E-state index in [2.05, 4.69) is 20.3 Å². The molecule has 0 aliphatic rings. The number of aromatic nitrogens is 3. The molecule has 0 aliphatic carbocycles. The van der Waals surface area contributed by atoms with Crippen LogP contribution in [0.2, 0.25) is 5.02 Å². The summed E-state index contributed by atoms with van der Waals surface area (Å²) in [5.41, 5.74) is 7.90. The number of benzene rings is 1. The van der Waals surface area contributed by atoms with Crippen LogP contribution in [0.1, 0.15) is 38.2 Å². The molecule has 21 heavy (non-hydrogen) atoms. The van der Waals surface area contributed by atoms with Gasteiger partial charge in [-0.05, 0) is 44.5 Å². The van der Waals surface area contributed by atoms with Gasteiger partial charge in [-0.25, -0.2) is 0 Å². The normalized spacial score (nSPS) is 11.8. The molecule has 1 aromatic heterocycles. The highest BCUT2D eigenvalue weighted by molar-refractivity contribution is 6.30. The van der Waals surface area contributed by atoms with E-state index in [9.17, 15) is 0 Å². The lowest BCUT2D eigenvalue weighted by Gasteiger charge is -2.14. The maximum Gasteiger partial charge on any atom is 0.228 e. The average molecular weight is 304 g/mol. The molecule has 1 heterocycles. The third-order valence-electron chi connectivity index (χ3n) is 2.80. The Morgan fingerprint density at radius 3 is 2.48 bits per heavy atom. The van der Waals surface area contributed by atoms with Crippen LogP contribution in [-0.2, 0) is 0 Å². The zero-order valence-electron chi connectivity index (χ0n) is 12.3. The second kappa shape index (κ2) is 6.54. The van der Waals surface area contributed by atoms with Crippen LogP contribution in [0.15, 0.2) is 29.8 Å². The van der Waals surface area contributed by atoms with Gasteiger partial charge in [-0.2, -0.15) is 15.0 Å². The van der Waals surface area contributed by atoms with Crippen LogP contribution in [-0.4, -0.2) is 15.0 Å². The van der Waals surface area contributed by atoms with Crippen LogP contribution < -0.4 is 11.1 Å². The van der Waals surface area contributed by atoms with E-state index < -0.39 is 0 Å². The van der Waals surface area contributed by atoms with Crippen LogP contribution in [0, 0.1) is 0 Å². The average Bonchev–Trinajstić information content (AvgIpc) is 2.37. The third kappa shape index (κ3) is 4.43. The molecule has 0 saturated carbocycles. The third-order valence-corrected chi connectivity index (χ3v) is 3.06. The minimum Gasteiger partial charge on any atom is -0.368 e. The maximum atomic E-state index is 5.89. The van der Waals surface area contributed by atoms with E-state index in [-0.39, 0.29) is 12.0 Å². The Morgan fingerprint density at radius 2 is 1.86 bits per heavy atom. The summed E-state index contributed by atoms with van der Waals surface area (Å²) >= 11 is 5.89. The first kappa shape index (κ1) is 15.3. The highest BCUT2D eigenvalue weighted by Gasteiger charge is 2.09. The van der Waals surface area contributed by atoms with Crippen LogP contribution in [0.5, 0.6) is 0 Å². The molecule has 2 aromatic rings. The number of allylic oxidation sites excluding steroid dienone is 1. The summed E-state index contributed by atoms with van der Waals surface area (Å²) in [6, 6.07) is 7.66. The van der Waals surface area contributed by atoms with Crippen molar-refractivity contribution < 1.29 is 0 Å². The molecular formula is C15H18ClN5. The van der Waals surface area contributed by atoms with Crippen molar-refractivity contribution in [2.24, 2.45) is 0 Å². The fourth-order valence-electron chi connectivity index (χ4n) is 1.83. The number of nitrogens with zero attached hydrogens (tertiary/aromatic N) is 3. The van der Waals surface area contributed by atoms with Crippen molar-refractivity contribution in [3.05, 3.63) is 46.2 Å². The minimum absolute atomic E-state index is 0.0311. The molecule has 1 unspecified atom stereocenters. The first-order chi connectivity index (χ1) is 9.94. The Kier molecular flexibility index (Phi) is 4.75. The summed E-state index contributed by atoms with van der Waals surface area (Å²) in [4.78, 5) is 12.5. The summed E-state index contributed by atoms with van der Waals surface area (Å²) in [6.45, 7) is 5.97. The van der Waals surface area contributed by atoms with Crippen molar-refractivity contribution >= 4 is 29.6 Å². The van der Waals surface area contributed by atoms with Crippen LogP contribution in [0.3, 0.4) is 0 Å². The van der Waals surface area contributed by atoms with E-state index in [1.165, 1.54) is 0 Å². The molecule has 2 rings (SSSR count). The standard InChI is InChI=1S/C15H18ClN5/c1-9(2)8-13-19-14(17)21-15(20-13)18-10(3)11-4-6-12(16)7-5-11/h4-8,10H,1-3H3,(H3,17,18,19,20,21). The summed E-state index contributed by atoms with van der Waals surface area (Å²) in [6.07, 6.45) is 1.86. The Labute approximate surface area is 129 Å². The molecular weight excluding hydrogens is 286 g/mol. The lowest BCUT2D eigenvalue weighted by Crippen LogP contribution is -2.12. The van der Waals surface area contributed by atoms with E-state index in [0.717, 1.165) is 11.1 Å². The van der Waals surface area contributed by atoms with E-state index in [1.807, 2.05) is 51.1 Å². The fourth-order valence-corrected chi connectivity index (χ4v) is 1.95.